The van der Waals surface area contributed by atoms with E-state index in [0.29, 0.717) is 50.6 Å². The highest BCUT2D eigenvalue weighted by Crippen LogP contribution is 2.26. The van der Waals surface area contributed by atoms with Gasteiger partial charge in [0.05, 0.1) is 25.2 Å². The highest BCUT2D eigenvalue weighted by atomic mass is 35.5. The highest BCUT2D eigenvalue weighted by Gasteiger charge is 2.27. The number of morpholine rings is 1. The molecule has 0 aromatic heterocycles. The Balaban J connectivity index is 1.54. The number of nitrogens with one attached hydrogen (secondary N) is 1. The molecular weight excluding hydrogens is 452 g/mol. The third-order valence-corrected chi connectivity index (χ3v) is 7.65. The van der Waals surface area contributed by atoms with Gasteiger partial charge in [0.25, 0.3) is 0 Å². The van der Waals surface area contributed by atoms with Crippen molar-refractivity contribution in [2.75, 3.05) is 40.0 Å². The number of sulfonamides is 1. The Kier molecular flexibility index (Phi) is 8.92. The topological polar surface area (TPSA) is 84.9 Å². The van der Waals surface area contributed by atoms with E-state index >= 15 is 0 Å². The van der Waals surface area contributed by atoms with Gasteiger partial charge in [-0.2, -0.15) is 4.31 Å². The molecule has 0 spiro atoms. The summed E-state index contributed by atoms with van der Waals surface area (Å²) in [4.78, 5) is 12.5. The van der Waals surface area contributed by atoms with Gasteiger partial charge in [-0.3, -0.25) is 4.79 Å². The van der Waals surface area contributed by atoms with Crippen molar-refractivity contribution >= 4 is 27.5 Å². The molecule has 1 saturated heterocycles. The zero-order chi connectivity index (χ0) is 23.0. The van der Waals surface area contributed by atoms with Crippen LogP contribution in [0.5, 0.6) is 5.75 Å². The number of carbonyl (C=O) groups excluding carboxylic acids is 1. The van der Waals surface area contributed by atoms with Crippen LogP contribution in [0.15, 0.2) is 47.4 Å². The fourth-order valence-corrected chi connectivity index (χ4v) is 5.28. The third-order valence-electron chi connectivity index (χ3n) is 5.38. The fourth-order valence-electron chi connectivity index (χ4n) is 3.59. The van der Waals surface area contributed by atoms with E-state index in [4.69, 9.17) is 21.1 Å². The average molecular weight is 481 g/mol. The summed E-state index contributed by atoms with van der Waals surface area (Å²) in [6.07, 6.45) is 2.19. The van der Waals surface area contributed by atoms with Crippen LogP contribution in [0.25, 0.3) is 0 Å². The van der Waals surface area contributed by atoms with Crippen molar-refractivity contribution in [3.05, 3.63) is 58.6 Å². The van der Waals surface area contributed by atoms with Crippen molar-refractivity contribution in [2.45, 2.75) is 30.6 Å². The summed E-state index contributed by atoms with van der Waals surface area (Å²) in [5.74, 6) is 0.477. The van der Waals surface area contributed by atoms with Gasteiger partial charge < -0.3 is 14.8 Å². The number of hydrogen-bond donors (Lipinski definition) is 1. The molecule has 9 heteroatoms. The van der Waals surface area contributed by atoms with Gasteiger partial charge in [0.15, 0.2) is 0 Å². The van der Waals surface area contributed by atoms with E-state index in [1.54, 1.807) is 18.2 Å². The van der Waals surface area contributed by atoms with E-state index in [9.17, 15) is 13.2 Å². The van der Waals surface area contributed by atoms with Gasteiger partial charge >= 0.3 is 0 Å². The Labute approximate surface area is 194 Å². The molecule has 2 aromatic rings. The summed E-state index contributed by atoms with van der Waals surface area (Å²) in [7, 11) is -2.08. The van der Waals surface area contributed by atoms with Crippen molar-refractivity contribution in [1.82, 2.24) is 9.62 Å². The van der Waals surface area contributed by atoms with Crippen LogP contribution in [-0.4, -0.2) is 58.6 Å². The number of nitrogens with zero attached hydrogens (tertiary/aromatic N) is 1. The Hall–Kier alpha value is -2.13. The lowest BCUT2D eigenvalue weighted by Crippen LogP contribution is -2.40. The van der Waals surface area contributed by atoms with Crippen LogP contribution in [-0.2, 0) is 32.4 Å². The highest BCUT2D eigenvalue weighted by molar-refractivity contribution is 7.89. The zero-order valence-corrected chi connectivity index (χ0v) is 19.8. The van der Waals surface area contributed by atoms with E-state index < -0.39 is 10.0 Å². The number of hydrogen-bond acceptors (Lipinski definition) is 5. The molecule has 0 atom stereocenters. The number of halogens is 1. The summed E-state index contributed by atoms with van der Waals surface area (Å²) in [5.41, 5.74) is 1.75. The normalized spacial score (nSPS) is 14.8. The minimum Gasteiger partial charge on any atom is -0.496 e. The van der Waals surface area contributed by atoms with Gasteiger partial charge in [0, 0.05) is 31.1 Å². The van der Waals surface area contributed by atoms with E-state index in [1.807, 2.05) is 24.3 Å². The molecule has 32 heavy (non-hydrogen) atoms. The van der Waals surface area contributed by atoms with Crippen molar-refractivity contribution in [1.29, 1.82) is 0 Å². The number of ether oxygens (including phenoxy) is 2. The average Bonchev–Trinajstić information content (AvgIpc) is 2.82. The standard InChI is InChI=1S/C23H29ClN2O5S/c1-30-22-10-9-20(32(28,29)26-13-15-31-16-14-26)17-19(22)8-11-23(27)25-12-4-6-18-5-2-3-7-21(18)24/h2-3,5,7,9-10,17H,4,6,8,11-16H2,1H3,(H,25,27). The predicted octanol–water partition coefficient (Wildman–Crippen LogP) is 3.05. The molecule has 1 heterocycles. The van der Waals surface area contributed by atoms with Gasteiger partial charge in [0.1, 0.15) is 5.75 Å². The molecule has 1 aliphatic rings. The first kappa shape index (κ1) is 24.5. The molecule has 0 radical (unpaired) electrons. The lowest BCUT2D eigenvalue weighted by molar-refractivity contribution is -0.121. The molecular formula is C23H29ClN2O5S. The second-order valence-electron chi connectivity index (χ2n) is 7.54. The van der Waals surface area contributed by atoms with Gasteiger partial charge in [0.2, 0.25) is 15.9 Å². The van der Waals surface area contributed by atoms with Crippen LogP contribution in [0, 0.1) is 0 Å². The summed E-state index contributed by atoms with van der Waals surface area (Å²) in [6, 6.07) is 12.5. The van der Waals surface area contributed by atoms with E-state index in [0.717, 1.165) is 23.4 Å². The SMILES string of the molecule is COc1ccc(S(=O)(=O)N2CCOCC2)cc1CCC(=O)NCCCc1ccccc1Cl. The predicted molar refractivity (Wildman–Crippen MR) is 124 cm³/mol. The lowest BCUT2D eigenvalue weighted by Gasteiger charge is -2.26. The first-order valence-corrected chi connectivity index (χ1v) is 12.5. The Morgan fingerprint density at radius 2 is 1.88 bits per heavy atom. The zero-order valence-electron chi connectivity index (χ0n) is 18.2. The van der Waals surface area contributed by atoms with Gasteiger partial charge in [-0.05, 0) is 54.7 Å². The molecule has 3 rings (SSSR count). The van der Waals surface area contributed by atoms with Crippen molar-refractivity contribution < 1.29 is 22.7 Å². The van der Waals surface area contributed by atoms with Crippen LogP contribution in [0.2, 0.25) is 5.02 Å². The maximum Gasteiger partial charge on any atom is 0.243 e. The first-order valence-electron chi connectivity index (χ1n) is 10.7. The first-order chi connectivity index (χ1) is 15.4. The molecule has 0 unspecified atom stereocenters. The molecule has 1 N–H and O–H groups in total. The number of rotatable bonds is 10. The van der Waals surface area contributed by atoms with E-state index in [-0.39, 0.29) is 17.2 Å². The molecule has 0 aliphatic carbocycles. The summed E-state index contributed by atoms with van der Waals surface area (Å²) in [6.45, 7) is 1.99. The molecule has 0 saturated carbocycles. The van der Waals surface area contributed by atoms with Crippen LogP contribution in [0.4, 0.5) is 0 Å². The summed E-state index contributed by atoms with van der Waals surface area (Å²) < 4.78 is 37.9. The number of methoxy groups -OCH3 is 1. The van der Waals surface area contributed by atoms with Crippen molar-refractivity contribution in [3.8, 4) is 5.75 Å². The largest absolute Gasteiger partial charge is 0.496 e. The second-order valence-corrected chi connectivity index (χ2v) is 9.88. The minimum atomic E-state index is -3.61. The maximum atomic E-state index is 12.9. The van der Waals surface area contributed by atoms with Gasteiger partial charge in [-0.15, -0.1) is 0 Å². The Morgan fingerprint density at radius 3 is 2.59 bits per heavy atom. The number of carbonyl (C=O) groups is 1. The molecule has 174 valence electrons. The third kappa shape index (κ3) is 6.45. The quantitative estimate of drug-likeness (QED) is 0.528. The van der Waals surface area contributed by atoms with Crippen LogP contribution >= 0.6 is 11.6 Å². The maximum absolute atomic E-state index is 12.9. The van der Waals surface area contributed by atoms with Crippen LogP contribution in [0.3, 0.4) is 0 Å². The van der Waals surface area contributed by atoms with Gasteiger partial charge in [-0.1, -0.05) is 29.8 Å². The lowest BCUT2D eigenvalue weighted by atomic mass is 10.1. The van der Waals surface area contributed by atoms with Crippen molar-refractivity contribution in [2.24, 2.45) is 0 Å². The molecule has 2 aromatic carbocycles. The second kappa shape index (κ2) is 11.7. The number of aryl methyl sites for hydroxylation is 2. The molecule has 7 nitrogen and oxygen atoms in total. The van der Waals surface area contributed by atoms with Crippen molar-refractivity contribution in [3.63, 3.8) is 0 Å². The van der Waals surface area contributed by atoms with Gasteiger partial charge in [-0.25, -0.2) is 8.42 Å². The molecule has 0 bridgehead atoms. The molecule has 1 amide bonds. The van der Waals surface area contributed by atoms with Crippen LogP contribution in [0.1, 0.15) is 24.0 Å². The Bertz CT molecular complexity index is 1020. The molecule has 1 fully saturated rings. The molecule has 1 aliphatic heterocycles. The Morgan fingerprint density at radius 1 is 1.12 bits per heavy atom. The van der Waals surface area contributed by atoms with Crippen LogP contribution < -0.4 is 10.1 Å². The van der Waals surface area contributed by atoms with E-state index in [2.05, 4.69) is 5.32 Å². The fraction of sp³-hybridized carbons (Fsp3) is 0.435. The number of benzene rings is 2. The minimum absolute atomic E-state index is 0.0901. The summed E-state index contributed by atoms with van der Waals surface area (Å²) in [5, 5.41) is 3.65. The monoisotopic (exact) mass is 480 g/mol. The smallest absolute Gasteiger partial charge is 0.243 e. The summed E-state index contributed by atoms with van der Waals surface area (Å²) >= 11 is 6.15. The van der Waals surface area contributed by atoms with E-state index in [1.165, 1.54) is 11.4 Å². The number of amides is 1.